The van der Waals surface area contributed by atoms with Gasteiger partial charge in [-0.1, -0.05) is 24.3 Å². The highest BCUT2D eigenvalue weighted by molar-refractivity contribution is 5.16. The number of halogens is 1. The molecule has 0 radical (unpaired) electrons. The molecule has 1 saturated heterocycles. The van der Waals surface area contributed by atoms with E-state index in [1.54, 1.807) is 12.1 Å². The van der Waals surface area contributed by atoms with Crippen LogP contribution in [0.25, 0.3) is 0 Å². The van der Waals surface area contributed by atoms with Crippen molar-refractivity contribution in [2.24, 2.45) is 0 Å². The smallest absolute Gasteiger partial charge is 0.123 e. The van der Waals surface area contributed by atoms with E-state index in [-0.39, 0.29) is 5.82 Å². The molecule has 1 fully saturated rings. The fraction of sp³-hybridized carbons (Fsp3) is 0.529. The lowest BCUT2D eigenvalue weighted by Crippen LogP contribution is -2.43. The Bertz CT molecular complexity index is 419. The Morgan fingerprint density at radius 1 is 1.30 bits per heavy atom. The van der Waals surface area contributed by atoms with Gasteiger partial charge in [-0.2, -0.15) is 0 Å². The van der Waals surface area contributed by atoms with Gasteiger partial charge in [-0.05, 0) is 57.0 Å². The number of hydrogen-bond acceptors (Lipinski definition) is 2. The molecule has 1 aliphatic rings. The van der Waals surface area contributed by atoms with Crippen LogP contribution in [0.3, 0.4) is 0 Å². The Morgan fingerprint density at radius 2 is 1.95 bits per heavy atom. The summed E-state index contributed by atoms with van der Waals surface area (Å²) in [5.74, 6) is -0.154. The number of likely N-dealkylation sites (tertiary alicyclic amines) is 1. The van der Waals surface area contributed by atoms with Gasteiger partial charge in [0.15, 0.2) is 0 Å². The standard InChI is InChI=1S/C17H25FN2/c1-14(2)13-19-17-8-11-20(12-9-17)10-7-15-3-5-16(18)6-4-15/h3-6,17,19H,1,7-13H2,2H3. The minimum Gasteiger partial charge on any atom is -0.310 e. The average Bonchev–Trinajstić information content (AvgIpc) is 2.45. The molecule has 0 aliphatic carbocycles. The van der Waals surface area contributed by atoms with E-state index in [1.165, 1.54) is 24.0 Å². The highest BCUT2D eigenvalue weighted by Gasteiger charge is 2.18. The van der Waals surface area contributed by atoms with Crippen molar-refractivity contribution in [3.05, 3.63) is 47.8 Å². The summed E-state index contributed by atoms with van der Waals surface area (Å²) in [7, 11) is 0. The number of nitrogens with one attached hydrogen (secondary N) is 1. The lowest BCUT2D eigenvalue weighted by Gasteiger charge is -2.32. The molecule has 20 heavy (non-hydrogen) atoms. The summed E-state index contributed by atoms with van der Waals surface area (Å²) in [6, 6.07) is 7.49. The molecule has 0 amide bonds. The summed E-state index contributed by atoms with van der Waals surface area (Å²) < 4.78 is 12.8. The van der Waals surface area contributed by atoms with Gasteiger partial charge in [0.25, 0.3) is 0 Å². The maximum Gasteiger partial charge on any atom is 0.123 e. The van der Waals surface area contributed by atoms with Gasteiger partial charge in [0.2, 0.25) is 0 Å². The summed E-state index contributed by atoms with van der Waals surface area (Å²) in [5, 5.41) is 3.55. The van der Waals surface area contributed by atoms with Crippen molar-refractivity contribution in [2.75, 3.05) is 26.2 Å². The van der Waals surface area contributed by atoms with Gasteiger partial charge in [-0.3, -0.25) is 0 Å². The molecule has 110 valence electrons. The third-order valence-corrected chi connectivity index (χ3v) is 3.91. The molecule has 0 spiro atoms. The maximum atomic E-state index is 12.8. The van der Waals surface area contributed by atoms with Crippen LogP contribution in [-0.2, 0) is 6.42 Å². The van der Waals surface area contributed by atoms with Gasteiger partial charge < -0.3 is 10.2 Å². The molecule has 0 bridgehead atoms. The molecule has 1 heterocycles. The molecule has 1 aromatic carbocycles. The van der Waals surface area contributed by atoms with Crippen LogP contribution in [0.2, 0.25) is 0 Å². The topological polar surface area (TPSA) is 15.3 Å². The minimum atomic E-state index is -0.154. The van der Waals surface area contributed by atoms with E-state index >= 15 is 0 Å². The van der Waals surface area contributed by atoms with Gasteiger partial charge in [0, 0.05) is 19.1 Å². The molecule has 2 nitrogen and oxygen atoms in total. The molecule has 3 heteroatoms. The first kappa shape index (κ1) is 15.2. The predicted octanol–water partition coefficient (Wildman–Crippen LogP) is 3.00. The maximum absolute atomic E-state index is 12.8. The van der Waals surface area contributed by atoms with E-state index in [2.05, 4.69) is 23.7 Å². The average molecular weight is 276 g/mol. The predicted molar refractivity (Wildman–Crippen MR) is 82.4 cm³/mol. The van der Waals surface area contributed by atoms with Gasteiger partial charge >= 0.3 is 0 Å². The van der Waals surface area contributed by atoms with Crippen LogP contribution in [-0.4, -0.2) is 37.1 Å². The van der Waals surface area contributed by atoms with Gasteiger partial charge in [0.05, 0.1) is 0 Å². The van der Waals surface area contributed by atoms with Crippen LogP contribution in [0.4, 0.5) is 4.39 Å². The lowest BCUT2D eigenvalue weighted by molar-refractivity contribution is 0.201. The first-order chi connectivity index (χ1) is 9.63. The molecule has 1 aliphatic heterocycles. The number of rotatable bonds is 6. The zero-order valence-corrected chi connectivity index (χ0v) is 12.4. The summed E-state index contributed by atoms with van der Waals surface area (Å²) >= 11 is 0. The fourth-order valence-corrected chi connectivity index (χ4v) is 2.62. The lowest BCUT2D eigenvalue weighted by atomic mass is 10.0. The van der Waals surface area contributed by atoms with Crippen LogP contribution >= 0.6 is 0 Å². The molecule has 1 aromatic rings. The van der Waals surface area contributed by atoms with E-state index in [9.17, 15) is 4.39 Å². The van der Waals surface area contributed by atoms with Crippen molar-refractivity contribution in [2.45, 2.75) is 32.2 Å². The molecule has 0 saturated carbocycles. The van der Waals surface area contributed by atoms with Gasteiger partial charge in [0.1, 0.15) is 5.82 Å². The second-order valence-corrected chi connectivity index (χ2v) is 5.83. The Labute approximate surface area is 121 Å². The molecule has 0 atom stereocenters. The summed E-state index contributed by atoms with van der Waals surface area (Å²) in [5.41, 5.74) is 2.41. The second kappa shape index (κ2) is 7.55. The normalized spacial score (nSPS) is 17.3. The number of piperidine rings is 1. The Hall–Kier alpha value is -1.19. The number of hydrogen-bond donors (Lipinski definition) is 1. The van der Waals surface area contributed by atoms with E-state index in [1.807, 2.05) is 12.1 Å². The van der Waals surface area contributed by atoms with Crippen molar-refractivity contribution in [3.63, 3.8) is 0 Å². The first-order valence-electron chi connectivity index (χ1n) is 7.48. The third kappa shape index (κ3) is 5.06. The molecule has 0 unspecified atom stereocenters. The third-order valence-electron chi connectivity index (χ3n) is 3.91. The molecule has 0 aromatic heterocycles. The highest BCUT2D eigenvalue weighted by atomic mass is 19.1. The molecular formula is C17H25FN2. The quantitative estimate of drug-likeness (QED) is 0.804. The fourth-order valence-electron chi connectivity index (χ4n) is 2.62. The molecule has 1 N–H and O–H groups in total. The van der Waals surface area contributed by atoms with Crippen LogP contribution in [0.15, 0.2) is 36.4 Å². The van der Waals surface area contributed by atoms with Crippen LogP contribution in [0, 0.1) is 5.82 Å². The van der Waals surface area contributed by atoms with Crippen molar-refractivity contribution in [3.8, 4) is 0 Å². The Morgan fingerprint density at radius 3 is 2.55 bits per heavy atom. The summed E-state index contributed by atoms with van der Waals surface area (Å²) in [4.78, 5) is 2.50. The van der Waals surface area contributed by atoms with Crippen LogP contribution < -0.4 is 5.32 Å². The second-order valence-electron chi connectivity index (χ2n) is 5.83. The minimum absolute atomic E-state index is 0.154. The number of nitrogens with zero attached hydrogens (tertiary/aromatic N) is 1. The van der Waals surface area contributed by atoms with Crippen LogP contribution in [0.1, 0.15) is 25.3 Å². The van der Waals surface area contributed by atoms with E-state index in [0.29, 0.717) is 6.04 Å². The zero-order chi connectivity index (χ0) is 14.4. The van der Waals surface area contributed by atoms with E-state index in [0.717, 1.165) is 32.6 Å². The van der Waals surface area contributed by atoms with E-state index < -0.39 is 0 Å². The van der Waals surface area contributed by atoms with Crippen molar-refractivity contribution in [1.29, 1.82) is 0 Å². The molecule has 2 rings (SSSR count). The Kier molecular flexibility index (Phi) is 5.74. The van der Waals surface area contributed by atoms with Crippen molar-refractivity contribution in [1.82, 2.24) is 10.2 Å². The van der Waals surface area contributed by atoms with Crippen LogP contribution in [0.5, 0.6) is 0 Å². The Balaban J connectivity index is 1.66. The SMILES string of the molecule is C=C(C)CNC1CCN(CCc2ccc(F)cc2)CC1. The van der Waals surface area contributed by atoms with Crippen molar-refractivity contribution >= 4 is 0 Å². The summed E-state index contributed by atoms with van der Waals surface area (Å²) in [6.07, 6.45) is 3.41. The van der Waals surface area contributed by atoms with Gasteiger partial charge in [-0.25, -0.2) is 4.39 Å². The van der Waals surface area contributed by atoms with E-state index in [4.69, 9.17) is 0 Å². The van der Waals surface area contributed by atoms with Gasteiger partial charge in [-0.15, -0.1) is 0 Å². The van der Waals surface area contributed by atoms with Crippen molar-refractivity contribution < 1.29 is 4.39 Å². The first-order valence-corrected chi connectivity index (χ1v) is 7.48. The molecular weight excluding hydrogens is 251 g/mol. The largest absolute Gasteiger partial charge is 0.310 e. The highest BCUT2D eigenvalue weighted by Crippen LogP contribution is 2.12. The zero-order valence-electron chi connectivity index (χ0n) is 12.4. The monoisotopic (exact) mass is 276 g/mol. The number of benzene rings is 1. The summed E-state index contributed by atoms with van der Waals surface area (Å²) in [6.45, 7) is 10.3.